The van der Waals surface area contributed by atoms with E-state index in [1.807, 2.05) is 0 Å². The van der Waals surface area contributed by atoms with E-state index < -0.39 is 40.4 Å². The molecule has 0 atom stereocenters. The van der Waals surface area contributed by atoms with Gasteiger partial charge in [0.1, 0.15) is 41.7 Å². The number of pyridine rings is 1. The number of ether oxygens (including phenoxy) is 3. The molecule has 0 saturated carbocycles. The molecule has 0 amide bonds. The van der Waals surface area contributed by atoms with Crippen LogP contribution >= 0.6 is 0 Å². The number of nitrogens with two attached hydrogens (primary N) is 1. The summed E-state index contributed by atoms with van der Waals surface area (Å²) in [5.41, 5.74) is 3.45. The number of aromatic nitrogens is 1. The van der Waals surface area contributed by atoms with Gasteiger partial charge in [0, 0.05) is 5.56 Å². The van der Waals surface area contributed by atoms with Gasteiger partial charge in [0.15, 0.2) is 0 Å². The van der Waals surface area contributed by atoms with Gasteiger partial charge in [0.05, 0.1) is 12.7 Å². The Bertz CT molecular complexity index is 1310. The summed E-state index contributed by atoms with van der Waals surface area (Å²) in [6.07, 6.45) is 0. The number of hydrogen-bond acceptors (Lipinski definition) is 8. The van der Waals surface area contributed by atoms with Crippen molar-refractivity contribution in [3.63, 3.8) is 0 Å². The molecule has 1 aromatic heterocycles. The predicted octanol–water partition coefficient (Wildman–Crippen LogP) is 2.26. The van der Waals surface area contributed by atoms with Crippen LogP contribution in [0.4, 0.5) is 5.82 Å². The Labute approximate surface area is 192 Å². The van der Waals surface area contributed by atoms with Gasteiger partial charge in [-0.05, 0) is 35.9 Å². The summed E-state index contributed by atoms with van der Waals surface area (Å²) in [5, 5.41) is 19.0. The summed E-state index contributed by atoms with van der Waals surface area (Å²) in [7, 11) is 1.27. The molecule has 2 aromatic carbocycles. The molecule has 0 saturated heterocycles. The van der Waals surface area contributed by atoms with E-state index in [1.54, 1.807) is 24.3 Å². The van der Waals surface area contributed by atoms with Crippen molar-refractivity contribution in [2.45, 2.75) is 0 Å². The fourth-order valence-electron chi connectivity index (χ4n) is 3.23. The van der Waals surface area contributed by atoms with Gasteiger partial charge in [-0.25, -0.2) is 14.4 Å². The van der Waals surface area contributed by atoms with E-state index in [0.29, 0.717) is 11.3 Å². The third-order valence-corrected chi connectivity index (χ3v) is 4.67. The summed E-state index contributed by atoms with van der Waals surface area (Å²) >= 11 is 0. The largest absolute Gasteiger partial charge is 0.490 e. The van der Waals surface area contributed by atoms with Gasteiger partial charge < -0.3 is 35.1 Å². The molecule has 176 valence electrons. The summed E-state index contributed by atoms with van der Waals surface area (Å²) in [6.45, 7) is 0.175. The minimum absolute atomic E-state index is 0.0704. The van der Waals surface area contributed by atoms with E-state index in [-0.39, 0.29) is 30.1 Å². The average Bonchev–Trinajstić information content (AvgIpc) is 2.80. The van der Waals surface area contributed by atoms with Crippen LogP contribution in [0.3, 0.4) is 0 Å². The number of carboxylic acids is 2. The molecule has 0 radical (unpaired) electrons. The molecule has 3 rings (SSSR count). The maximum absolute atomic E-state index is 12.2. The number of esters is 1. The fourth-order valence-corrected chi connectivity index (χ4v) is 3.23. The lowest BCUT2D eigenvalue weighted by Gasteiger charge is -2.14. The van der Waals surface area contributed by atoms with Gasteiger partial charge in [-0.15, -0.1) is 0 Å². The zero-order valence-corrected chi connectivity index (χ0v) is 17.9. The van der Waals surface area contributed by atoms with Crippen LogP contribution in [0.15, 0.2) is 53.3 Å². The number of nitrogen functional groups attached to an aromatic ring is 1. The second kappa shape index (κ2) is 10.2. The second-order valence-electron chi connectivity index (χ2n) is 6.85. The Balaban J connectivity index is 1.80. The highest BCUT2D eigenvalue weighted by Crippen LogP contribution is 2.31. The van der Waals surface area contributed by atoms with Crippen LogP contribution in [0.25, 0.3) is 11.1 Å². The molecule has 0 fully saturated rings. The van der Waals surface area contributed by atoms with E-state index in [4.69, 9.17) is 15.2 Å². The van der Waals surface area contributed by atoms with Crippen LogP contribution in [0, 0.1) is 0 Å². The standard InChI is InChI=1S/C23H20N2O9/c1-32-23(31)13-5-3-7-15(11-13)34-9-8-33-14-6-2-4-12(10-14)16-17(21(27)28)19(24)25-20(26)18(16)22(29)30/h2-7,10-11H,8-9H2,1H3,(H,27,28)(H,29,30)(H3,24,25,26). The first kappa shape index (κ1) is 23.9. The number of aromatic amines is 1. The van der Waals surface area contributed by atoms with Gasteiger partial charge in [-0.2, -0.15) is 0 Å². The van der Waals surface area contributed by atoms with E-state index >= 15 is 0 Å². The molecule has 5 N–H and O–H groups in total. The highest BCUT2D eigenvalue weighted by atomic mass is 16.5. The van der Waals surface area contributed by atoms with Crippen molar-refractivity contribution in [1.82, 2.24) is 4.98 Å². The molecule has 0 spiro atoms. The minimum Gasteiger partial charge on any atom is -0.490 e. The lowest BCUT2D eigenvalue weighted by Crippen LogP contribution is -2.24. The van der Waals surface area contributed by atoms with Crippen molar-refractivity contribution >= 4 is 23.7 Å². The number of H-pyrrole nitrogens is 1. The minimum atomic E-state index is -1.60. The first-order valence-corrected chi connectivity index (χ1v) is 9.79. The SMILES string of the molecule is COC(=O)c1cccc(OCCOc2cccc(-c3c(C(=O)O)c(N)[nH]c(=O)c3C(=O)O)c2)c1. The van der Waals surface area contributed by atoms with Crippen LogP contribution in [0.1, 0.15) is 31.1 Å². The zero-order valence-electron chi connectivity index (χ0n) is 17.9. The number of carbonyl (C=O) groups is 3. The Morgan fingerprint density at radius 3 is 2.09 bits per heavy atom. The van der Waals surface area contributed by atoms with Crippen LogP contribution in [-0.2, 0) is 4.74 Å². The summed E-state index contributed by atoms with van der Waals surface area (Å²) in [5.74, 6) is -3.37. The van der Waals surface area contributed by atoms with Crippen molar-refractivity contribution in [2.24, 2.45) is 0 Å². The van der Waals surface area contributed by atoms with E-state index in [1.165, 1.54) is 31.4 Å². The molecule has 0 unspecified atom stereocenters. The highest BCUT2D eigenvalue weighted by Gasteiger charge is 2.26. The molecule has 11 nitrogen and oxygen atoms in total. The number of carbonyl (C=O) groups excluding carboxylic acids is 1. The number of aromatic carboxylic acids is 2. The van der Waals surface area contributed by atoms with E-state index in [0.717, 1.165) is 0 Å². The molecule has 0 aliphatic heterocycles. The monoisotopic (exact) mass is 468 g/mol. The lowest BCUT2D eigenvalue weighted by molar-refractivity contribution is 0.0598. The normalized spacial score (nSPS) is 10.4. The van der Waals surface area contributed by atoms with E-state index in [9.17, 15) is 29.4 Å². The third kappa shape index (κ3) is 5.15. The number of nitrogens with one attached hydrogen (secondary N) is 1. The third-order valence-electron chi connectivity index (χ3n) is 4.67. The Kier molecular flexibility index (Phi) is 7.16. The number of carboxylic acid groups (broad SMARTS) is 2. The maximum Gasteiger partial charge on any atom is 0.342 e. The van der Waals surface area contributed by atoms with Gasteiger partial charge in [-0.3, -0.25) is 4.79 Å². The summed E-state index contributed by atoms with van der Waals surface area (Å²) in [4.78, 5) is 49.3. The Morgan fingerprint density at radius 2 is 1.50 bits per heavy atom. The molecule has 3 aromatic rings. The smallest absolute Gasteiger partial charge is 0.342 e. The predicted molar refractivity (Wildman–Crippen MR) is 120 cm³/mol. The fraction of sp³-hybridized carbons (Fsp3) is 0.130. The molecule has 0 aliphatic rings. The Morgan fingerprint density at radius 1 is 0.912 bits per heavy atom. The summed E-state index contributed by atoms with van der Waals surface area (Å²) in [6, 6.07) is 12.3. The number of hydrogen-bond donors (Lipinski definition) is 4. The lowest BCUT2D eigenvalue weighted by atomic mass is 9.95. The van der Waals surface area contributed by atoms with E-state index in [2.05, 4.69) is 9.72 Å². The second-order valence-corrected chi connectivity index (χ2v) is 6.85. The van der Waals surface area contributed by atoms with Crippen molar-refractivity contribution < 1.29 is 38.8 Å². The van der Waals surface area contributed by atoms with Crippen LogP contribution < -0.4 is 20.8 Å². The number of benzene rings is 2. The van der Waals surface area contributed by atoms with Gasteiger partial charge in [0.25, 0.3) is 5.56 Å². The van der Waals surface area contributed by atoms with Crippen LogP contribution in [0.5, 0.6) is 11.5 Å². The average molecular weight is 468 g/mol. The molecular formula is C23H20N2O9. The molecule has 1 heterocycles. The number of methoxy groups -OCH3 is 1. The molecular weight excluding hydrogens is 448 g/mol. The molecule has 0 bridgehead atoms. The number of anilines is 1. The van der Waals surface area contributed by atoms with Crippen LogP contribution in [-0.4, -0.2) is 53.4 Å². The zero-order chi connectivity index (χ0) is 24.8. The number of rotatable bonds is 9. The first-order chi connectivity index (χ1) is 16.2. The topological polar surface area (TPSA) is 178 Å². The first-order valence-electron chi connectivity index (χ1n) is 9.79. The van der Waals surface area contributed by atoms with Crippen LogP contribution in [0.2, 0.25) is 0 Å². The molecule has 34 heavy (non-hydrogen) atoms. The molecule has 11 heteroatoms. The van der Waals surface area contributed by atoms with Crippen molar-refractivity contribution in [2.75, 3.05) is 26.1 Å². The van der Waals surface area contributed by atoms with Crippen molar-refractivity contribution in [3.8, 4) is 22.6 Å². The summed E-state index contributed by atoms with van der Waals surface area (Å²) < 4.78 is 15.8. The van der Waals surface area contributed by atoms with Crippen molar-refractivity contribution in [3.05, 3.63) is 75.6 Å². The van der Waals surface area contributed by atoms with Gasteiger partial charge >= 0.3 is 17.9 Å². The highest BCUT2D eigenvalue weighted by molar-refractivity contribution is 6.07. The van der Waals surface area contributed by atoms with Gasteiger partial charge in [-0.1, -0.05) is 18.2 Å². The van der Waals surface area contributed by atoms with Crippen molar-refractivity contribution in [1.29, 1.82) is 0 Å². The Hall–Kier alpha value is -4.80. The maximum atomic E-state index is 12.2. The quantitative estimate of drug-likeness (QED) is 0.269. The van der Waals surface area contributed by atoms with Gasteiger partial charge in [0.2, 0.25) is 0 Å². The molecule has 0 aliphatic carbocycles.